The molecule has 6 nitrogen and oxygen atoms in total. The summed E-state index contributed by atoms with van der Waals surface area (Å²) in [6.07, 6.45) is 6.45. The first-order chi connectivity index (χ1) is 8.00. The molecule has 0 aromatic carbocycles. The zero-order chi connectivity index (χ0) is 14.2. The summed E-state index contributed by atoms with van der Waals surface area (Å²) in [4.78, 5) is 0. The molecule has 0 bridgehead atoms. The first-order valence-corrected chi connectivity index (χ1v) is 6.90. The molecule has 0 radical (unpaired) electrons. The molecule has 1 fully saturated rings. The van der Waals surface area contributed by atoms with E-state index in [1.165, 1.54) is 5.06 Å². The molecule has 1 saturated heterocycles. The summed E-state index contributed by atoms with van der Waals surface area (Å²) in [5, 5.41) is 11.3. The van der Waals surface area contributed by atoms with Gasteiger partial charge in [0, 0.05) is 11.1 Å². The van der Waals surface area contributed by atoms with Crippen molar-refractivity contribution in [1.29, 1.82) is 0 Å². The summed E-state index contributed by atoms with van der Waals surface area (Å²) in [6, 6.07) is 0. The second kappa shape index (κ2) is 4.70. The molecule has 0 aliphatic carbocycles. The van der Waals surface area contributed by atoms with Gasteiger partial charge in [-0.25, -0.2) is 4.18 Å². The van der Waals surface area contributed by atoms with Gasteiger partial charge in [0.05, 0.1) is 6.10 Å². The van der Waals surface area contributed by atoms with E-state index in [0.717, 1.165) is 0 Å². The molecule has 0 atom stereocenters. The van der Waals surface area contributed by atoms with Gasteiger partial charge < -0.3 is 9.39 Å². The minimum atomic E-state index is -4.19. The van der Waals surface area contributed by atoms with Crippen LogP contribution in [0.25, 0.3) is 0 Å². The monoisotopic (exact) mass is 277 g/mol. The van der Waals surface area contributed by atoms with Gasteiger partial charge in [-0.05, 0) is 40.5 Å². The molecule has 0 saturated carbocycles. The Hall–Kier alpha value is -0.810. The molecule has 1 heterocycles. The summed E-state index contributed by atoms with van der Waals surface area (Å²) in [5.41, 5.74) is -1.20. The molecule has 104 valence electrons. The van der Waals surface area contributed by atoms with Crippen LogP contribution in [0.2, 0.25) is 0 Å². The highest BCUT2D eigenvalue weighted by Crippen LogP contribution is 2.38. The van der Waals surface area contributed by atoms with Crippen LogP contribution in [0.15, 0.2) is 0 Å². The smallest absolute Gasteiger partial charge is 0.313 e. The maximum atomic E-state index is 11.3. The topological polar surface area (TPSA) is 76.1 Å². The van der Waals surface area contributed by atoms with Gasteiger partial charge in [-0.1, -0.05) is 6.42 Å². The van der Waals surface area contributed by atoms with Crippen LogP contribution in [0, 0.1) is 12.5 Å². The Kier molecular flexibility index (Phi) is 3.98. The molecular formula is C11H19NO5S. The molecule has 0 unspecified atom stereocenters. The number of hydroxylamine groups is 2. The number of terminal acetylenes is 1. The number of piperidine rings is 1. The molecule has 0 aromatic rings. The molecule has 0 spiro atoms. The van der Waals surface area contributed by atoms with Gasteiger partial charge in [0.1, 0.15) is 6.11 Å². The van der Waals surface area contributed by atoms with E-state index in [-0.39, 0.29) is 0 Å². The predicted molar refractivity (Wildman–Crippen MR) is 64.7 cm³/mol. The molecule has 18 heavy (non-hydrogen) atoms. The molecular weight excluding hydrogens is 258 g/mol. The molecule has 1 N–H and O–H groups in total. The number of rotatable bonds is 3. The fraction of sp³-hybridized carbons (Fsp3) is 0.818. The fourth-order valence-corrected chi connectivity index (χ4v) is 3.12. The van der Waals surface area contributed by atoms with Crippen molar-refractivity contribution < 1.29 is 22.0 Å². The van der Waals surface area contributed by atoms with Crippen molar-refractivity contribution in [2.24, 2.45) is 0 Å². The van der Waals surface area contributed by atoms with E-state index in [1.54, 1.807) is 33.8 Å². The van der Waals surface area contributed by atoms with Crippen molar-refractivity contribution in [3.05, 3.63) is 0 Å². The van der Waals surface area contributed by atoms with Crippen LogP contribution in [-0.2, 0) is 18.8 Å². The van der Waals surface area contributed by atoms with Gasteiger partial charge >= 0.3 is 10.4 Å². The largest absolute Gasteiger partial charge is 0.457 e. The first kappa shape index (κ1) is 15.2. The van der Waals surface area contributed by atoms with Crippen LogP contribution in [0.1, 0.15) is 40.5 Å². The SMILES string of the molecule is C#COS(=O)(=O)OC1CC(C)(C)N(O)C(C)(C)C1. The minimum Gasteiger partial charge on any atom is -0.313 e. The number of hydrogen-bond donors (Lipinski definition) is 1. The van der Waals surface area contributed by atoms with Crippen LogP contribution in [0.4, 0.5) is 0 Å². The van der Waals surface area contributed by atoms with E-state index in [4.69, 9.17) is 10.6 Å². The maximum absolute atomic E-state index is 11.3. The van der Waals surface area contributed by atoms with Gasteiger partial charge in [0.2, 0.25) is 0 Å². The van der Waals surface area contributed by atoms with Crippen LogP contribution < -0.4 is 0 Å². The molecule has 7 heteroatoms. The highest BCUT2D eigenvalue weighted by atomic mass is 32.3. The summed E-state index contributed by atoms with van der Waals surface area (Å²) in [5.74, 6) is 0. The minimum absolute atomic E-state index is 0.347. The van der Waals surface area contributed by atoms with Crippen LogP contribution in [0.5, 0.6) is 0 Å². The lowest BCUT2D eigenvalue weighted by atomic mass is 9.80. The Bertz CT molecular complexity index is 431. The van der Waals surface area contributed by atoms with Crippen molar-refractivity contribution >= 4 is 10.4 Å². The normalized spacial score (nSPS) is 24.4. The second-order valence-electron chi connectivity index (χ2n) is 5.67. The lowest BCUT2D eigenvalue weighted by Crippen LogP contribution is -2.60. The number of nitrogens with zero attached hydrogens (tertiary/aromatic N) is 1. The summed E-state index contributed by atoms with van der Waals surface area (Å²) < 4.78 is 31.7. The molecule has 1 aliphatic heterocycles. The van der Waals surface area contributed by atoms with Crippen molar-refractivity contribution in [1.82, 2.24) is 5.06 Å². The van der Waals surface area contributed by atoms with Gasteiger partial charge in [-0.2, -0.15) is 13.5 Å². The molecule has 0 amide bonds. The highest BCUT2D eigenvalue weighted by molar-refractivity contribution is 7.82. The third-order valence-corrected chi connectivity index (χ3v) is 3.81. The number of hydrogen-bond acceptors (Lipinski definition) is 6. The van der Waals surface area contributed by atoms with E-state index in [9.17, 15) is 13.6 Å². The lowest BCUT2D eigenvalue weighted by Gasteiger charge is -2.50. The Morgan fingerprint density at radius 1 is 1.28 bits per heavy atom. The van der Waals surface area contributed by atoms with Gasteiger partial charge in [0.15, 0.2) is 0 Å². The maximum Gasteiger partial charge on any atom is 0.457 e. The van der Waals surface area contributed by atoms with Crippen LogP contribution in [-0.4, -0.2) is 35.9 Å². The Morgan fingerprint density at radius 2 is 1.72 bits per heavy atom. The standard InChI is InChI=1S/C11H19NO5S/c1-6-16-18(14,15)17-9-7-10(2,3)12(13)11(4,5)8-9/h1,9,13H,7-8H2,2-5H3. The average Bonchev–Trinajstić information content (AvgIpc) is 2.11. The lowest BCUT2D eigenvalue weighted by molar-refractivity contribution is -0.254. The summed E-state index contributed by atoms with van der Waals surface area (Å²) in [6.45, 7) is 7.22. The van der Waals surface area contributed by atoms with E-state index in [1.807, 2.05) is 0 Å². The highest BCUT2D eigenvalue weighted by Gasteiger charge is 2.46. The molecule has 1 rings (SSSR count). The zero-order valence-corrected chi connectivity index (χ0v) is 11.8. The van der Waals surface area contributed by atoms with Gasteiger partial charge in [0.25, 0.3) is 0 Å². The van der Waals surface area contributed by atoms with Crippen molar-refractivity contribution in [2.45, 2.75) is 57.7 Å². The van der Waals surface area contributed by atoms with Crippen LogP contribution >= 0.6 is 0 Å². The second-order valence-corrected chi connectivity index (χ2v) is 6.85. The van der Waals surface area contributed by atoms with Gasteiger partial charge in [-0.15, -0.1) is 0 Å². The predicted octanol–water partition coefficient (Wildman–Crippen LogP) is 1.27. The summed E-state index contributed by atoms with van der Waals surface area (Å²) in [7, 11) is -4.19. The summed E-state index contributed by atoms with van der Waals surface area (Å²) >= 11 is 0. The Morgan fingerprint density at radius 3 is 2.11 bits per heavy atom. The molecule has 1 aliphatic rings. The average molecular weight is 277 g/mol. The van der Waals surface area contributed by atoms with Gasteiger partial charge in [-0.3, -0.25) is 0 Å². The third-order valence-electron chi connectivity index (χ3n) is 3.01. The quantitative estimate of drug-likeness (QED) is 0.783. The fourth-order valence-electron chi connectivity index (χ4n) is 2.49. The zero-order valence-electron chi connectivity index (χ0n) is 11.0. The van der Waals surface area contributed by atoms with Crippen molar-refractivity contribution in [3.63, 3.8) is 0 Å². The van der Waals surface area contributed by atoms with Crippen LogP contribution in [0.3, 0.4) is 0 Å². The van der Waals surface area contributed by atoms with E-state index in [0.29, 0.717) is 12.8 Å². The Labute approximate surface area is 108 Å². The van der Waals surface area contributed by atoms with E-state index >= 15 is 0 Å². The first-order valence-electron chi connectivity index (χ1n) is 5.57. The van der Waals surface area contributed by atoms with Crippen molar-refractivity contribution in [2.75, 3.05) is 0 Å². The Balaban J connectivity index is 2.86. The molecule has 0 aromatic heterocycles. The van der Waals surface area contributed by atoms with E-state index in [2.05, 4.69) is 4.18 Å². The van der Waals surface area contributed by atoms with E-state index < -0.39 is 27.6 Å². The van der Waals surface area contributed by atoms with Crippen molar-refractivity contribution in [3.8, 4) is 12.5 Å². The third kappa shape index (κ3) is 3.36.